The standard InChI is InChI=1S/C8H15F2N3O3/c9-6(10)4-16-2-1-13-8(15)5(11)3-7(12)14/h5-6H,1-4,11H2,(H2,12,14)(H,13,15). The summed E-state index contributed by atoms with van der Waals surface area (Å²) >= 11 is 0. The smallest absolute Gasteiger partial charge is 0.261 e. The van der Waals surface area contributed by atoms with Crippen molar-refractivity contribution in [3.05, 3.63) is 0 Å². The number of primary amides is 1. The number of carbonyl (C=O) groups is 2. The van der Waals surface area contributed by atoms with E-state index in [2.05, 4.69) is 10.1 Å². The van der Waals surface area contributed by atoms with E-state index >= 15 is 0 Å². The average Bonchev–Trinajstić information content (AvgIpc) is 2.15. The molecule has 5 N–H and O–H groups in total. The molecule has 0 aromatic rings. The van der Waals surface area contributed by atoms with E-state index in [0.29, 0.717) is 0 Å². The van der Waals surface area contributed by atoms with Crippen LogP contribution in [0.4, 0.5) is 8.78 Å². The third-order valence-corrected chi connectivity index (χ3v) is 1.55. The number of rotatable bonds is 8. The normalized spacial score (nSPS) is 12.5. The molecule has 16 heavy (non-hydrogen) atoms. The molecule has 0 rings (SSSR count). The molecule has 1 atom stereocenters. The van der Waals surface area contributed by atoms with Crippen LogP contribution in [0.2, 0.25) is 0 Å². The largest absolute Gasteiger partial charge is 0.374 e. The molecule has 0 fully saturated rings. The molecule has 0 saturated carbocycles. The maximum Gasteiger partial charge on any atom is 0.261 e. The van der Waals surface area contributed by atoms with Gasteiger partial charge in [-0.15, -0.1) is 0 Å². The van der Waals surface area contributed by atoms with Gasteiger partial charge in [-0.25, -0.2) is 8.78 Å². The molecule has 0 bridgehead atoms. The highest BCUT2D eigenvalue weighted by Crippen LogP contribution is 1.91. The van der Waals surface area contributed by atoms with E-state index in [-0.39, 0.29) is 19.6 Å². The summed E-state index contributed by atoms with van der Waals surface area (Å²) in [6.07, 6.45) is -2.79. The van der Waals surface area contributed by atoms with E-state index in [1.165, 1.54) is 0 Å². The highest BCUT2D eigenvalue weighted by atomic mass is 19.3. The first-order chi connectivity index (χ1) is 7.43. The molecule has 0 aliphatic carbocycles. The van der Waals surface area contributed by atoms with E-state index in [1.54, 1.807) is 0 Å². The molecule has 0 aromatic heterocycles. The van der Waals surface area contributed by atoms with Gasteiger partial charge in [0, 0.05) is 6.54 Å². The van der Waals surface area contributed by atoms with Crippen LogP contribution in [0.1, 0.15) is 6.42 Å². The van der Waals surface area contributed by atoms with Crippen molar-refractivity contribution in [3.8, 4) is 0 Å². The van der Waals surface area contributed by atoms with Crippen LogP contribution in [0, 0.1) is 0 Å². The lowest BCUT2D eigenvalue weighted by Crippen LogP contribution is -2.44. The zero-order valence-corrected chi connectivity index (χ0v) is 8.62. The van der Waals surface area contributed by atoms with Crippen molar-refractivity contribution in [1.29, 1.82) is 0 Å². The van der Waals surface area contributed by atoms with Crippen molar-refractivity contribution < 1.29 is 23.1 Å². The molecule has 0 saturated heterocycles. The minimum Gasteiger partial charge on any atom is -0.374 e. The summed E-state index contributed by atoms with van der Waals surface area (Å²) in [7, 11) is 0. The fourth-order valence-corrected chi connectivity index (χ4v) is 0.859. The minimum atomic E-state index is -2.53. The number of hydrogen-bond donors (Lipinski definition) is 3. The van der Waals surface area contributed by atoms with Gasteiger partial charge < -0.3 is 21.5 Å². The Labute approximate surface area is 91.3 Å². The Kier molecular flexibility index (Phi) is 7.31. The second-order valence-corrected chi connectivity index (χ2v) is 3.03. The number of halogens is 2. The fraction of sp³-hybridized carbons (Fsp3) is 0.750. The van der Waals surface area contributed by atoms with Gasteiger partial charge in [-0.05, 0) is 0 Å². The lowest BCUT2D eigenvalue weighted by atomic mass is 10.2. The predicted molar refractivity (Wildman–Crippen MR) is 51.6 cm³/mol. The zero-order valence-electron chi connectivity index (χ0n) is 8.62. The van der Waals surface area contributed by atoms with Gasteiger partial charge in [-0.3, -0.25) is 9.59 Å². The third-order valence-electron chi connectivity index (χ3n) is 1.55. The monoisotopic (exact) mass is 239 g/mol. The third kappa shape index (κ3) is 8.06. The van der Waals surface area contributed by atoms with Gasteiger partial charge in [0.05, 0.1) is 19.1 Å². The van der Waals surface area contributed by atoms with Gasteiger partial charge in [0.15, 0.2) is 0 Å². The van der Waals surface area contributed by atoms with E-state index in [4.69, 9.17) is 11.5 Å². The quantitative estimate of drug-likeness (QED) is 0.452. The highest BCUT2D eigenvalue weighted by Gasteiger charge is 2.15. The Hall–Kier alpha value is -1.28. The Balaban J connectivity index is 3.53. The second-order valence-electron chi connectivity index (χ2n) is 3.03. The molecule has 6 nitrogen and oxygen atoms in total. The Morgan fingerprint density at radius 1 is 1.38 bits per heavy atom. The van der Waals surface area contributed by atoms with Crippen molar-refractivity contribution in [1.82, 2.24) is 5.32 Å². The first-order valence-corrected chi connectivity index (χ1v) is 4.61. The summed E-state index contributed by atoms with van der Waals surface area (Å²) in [5.41, 5.74) is 10.1. The van der Waals surface area contributed by atoms with Gasteiger partial charge in [0.2, 0.25) is 11.8 Å². The van der Waals surface area contributed by atoms with Crippen molar-refractivity contribution in [2.45, 2.75) is 18.9 Å². The molecule has 0 aromatic carbocycles. The molecule has 2 amide bonds. The summed E-state index contributed by atoms with van der Waals surface area (Å²) < 4.78 is 27.7. The number of amides is 2. The summed E-state index contributed by atoms with van der Waals surface area (Å²) in [5, 5.41) is 2.32. The molecular formula is C8H15F2N3O3. The van der Waals surface area contributed by atoms with Gasteiger partial charge in [-0.2, -0.15) is 0 Å². The van der Waals surface area contributed by atoms with Crippen LogP contribution >= 0.6 is 0 Å². The molecule has 0 aliphatic heterocycles. The average molecular weight is 239 g/mol. The van der Waals surface area contributed by atoms with Crippen LogP contribution in [0.25, 0.3) is 0 Å². The molecule has 0 spiro atoms. The molecule has 0 aliphatic rings. The van der Waals surface area contributed by atoms with Crippen molar-refractivity contribution >= 4 is 11.8 Å². The summed E-state index contributed by atoms with van der Waals surface area (Å²) in [5.74, 6) is -1.25. The minimum absolute atomic E-state index is 0.0423. The van der Waals surface area contributed by atoms with Crippen LogP contribution in [0.15, 0.2) is 0 Å². The summed E-state index contributed by atoms with van der Waals surface area (Å²) in [6.45, 7) is -0.666. The van der Waals surface area contributed by atoms with E-state index in [1.807, 2.05) is 0 Å². The number of ether oxygens (including phenoxy) is 1. The predicted octanol–water partition coefficient (Wildman–Crippen LogP) is -1.41. The number of alkyl halides is 2. The van der Waals surface area contributed by atoms with Crippen LogP contribution in [-0.4, -0.2) is 44.0 Å². The van der Waals surface area contributed by atoms with Crippen LogP contribution in [0.3, 0.4) is 0 Å². The number of hydrogen-bond acceptors (Lipinski definition) is 4. The molecule has 94 valence electrons. The maximum absolute atomic E-state index is 11.6. The van der Waals surface area contributed by atoms with Gasteiger partial charge in [0.1, 0.15) is 6.61 Å². The Bertz CT molecular complexity index is 239. The summed E-state index contributed by atoms with van der Waals surface area (Å²) in [6, 6.07) is -1.02. The lowest BCUT2D eigenvalue weighted by molar-refractivity contribution is -0.126. The molecule has 8 heteroatoms. The van der Waals surface area contributed by atoms with Crippen LogP contribution < -0.4 is 16.8 Å². The van der Waals surface area contributed by atoms with Crippen LogP contribution in [-0.2, 0) is 14.3 Å². The van der Waals surface area contributed by atoms with Gasteiger partial charge >= 0.3 is 0 Å². The van der Waals surface area contributed by atoms with E-state index in [9.17, 15) is 18.4 Å². The fourth-order valence-electron chi connectivity index (χ4n) is 0.859. The van der Waals surface area contributed by atoms with Crippen LogP contribution in [0.5, 0.6) is 0 Å². The number of nitrogens with one attached hydrogen (secondary N) is 1. The van der Waals surface area contributed by atoms with Crippen molar-refractivity contribution in [2.75, 3.05) is 19.8 Å². The SMILES string of the molecule is NC(=O)CC(N)C(=O)NCCOCC(F)F. The molecular weight excluding hydrogens is 224 g/mol. The van der Waals surface area contributed by atoms with Crippen molar-refractivity contribution in [3.63, 3.8) is 0 Å². The lowest BCUT2D eigenvalue weighted by Gasteiger charge is -2.10. The topological polar surface area (TPSA) is 107 Å². The Morgan fingerprint density at radius 2 is 2.00 bits per heavy atom. The van der Waals surface area contributed by atoms with Gasteiger partial charge in [0.25, 0.3) is 6.43 Å². The Morgan fingerprint density at radius 3 is 2.50 bits per heavy atom. The highest BCUT2D eigenvalue weighted by molar-refractivity contribution is 5.87. The van der Waals surface area contributed by atoms with Gasteiger partial charge in [-0.1, -0.05) is 0 Å². The second kappa shape index (κ2) is 7.94. The molecule has 0 heterocycles. The molecule has 1 unspecified atom stereocenters. The first-order valence-electron chi connectivity index (χ1n) is 4.61. The first kappa shape index (κ1) is 14.7. The maximum atomic E-state index is 11.6. The zero-order chi connectivity index (χ0) is 12.6. The number of nitrogens with two attached hydrogens (primary N) is 2. The van der Waals surface area contributed by atoms with E-state index in [0.717, 1.165) is 0 Å². The summed E-state index contributed by atoms with van der Waals surface area (Å²) in [4.78, 5) is 21.5. The number of carbonyl (C=O) groups excluding carboxylic acids is 2. The molecule has 0 radical (unpaired) electrons. The van der Waals surface area contributed by atoms with E-state index < -0.39 is 30.9 Å². The van der Waals surface area contributed by atoms with Crippen molar-refractivity contribution in [2.24, 2.45) is 11.5 Å².